The number of imidazole rings is 1. The van der Waals surface area contributed by atoms with E-state index in [9.17, 15) is 9.59 Å². The summed E-state index contributed by atoms with van der Waals surface area (Å²) >= 11 is 0.968. The number of carbonyl (C=O) groups is 2. The van der Waals surface area contributed by atoms with Crippen LogP contribution in [0.3, 0.4) is 0 Å². The Bertz CT molecular complexity index is 577. The lowest BCUT2D eigenvalue weighted by Crippen LogP contribution is -2.35. The van der Waals surface area contributed by atoms with Crippen molar-refractivity contribution in [1.82, 2.24) is 14.9 Å². The Kier molecular flexibility index (Phi) is 3.96. The summed E-state index contributed by atoms with van der Waals surface area (Å²) in [5.41, 5.74) is 0. The molecule has 100 valence electrons. The Balaban J connectivity index is 1.94. The number of carbonyl (C=O) groups excluding carboxylic acids is 1. The smallest absolute Gasteiger partial charge is 0.345 e. The van der Waals surface area contributed by atoms with Gasteiger partial charge < -0.3 is 15.0 Å². The van der Waals surface area contributed by atoms with Crippen LogP contribution in [0.2, 0.25) is 0 Å². The summed E-state index contributed by atoms with van der Waals surface area (Å²) in [5.74, 6) is -1.28. The van der Waals surface area contributed by atoms with Gasteiger partial charge in [0, 0.05) is 25.0 Å². The first-order valence-electron chi connectivity index (χ1n) is 5.66. The van der Waals surface area contributed by atoms with Crippen LogP contribution >= 0.6 is 11.3 Å². The molecule has 0 bridgehead atoms. The van der Waals surface area contributed by atoms with Gasteiger partial charge in [-0.05, 0) is 19.1 Å². The fraction of sp³-hybridized carbons (Fsp3) is 0.250. The predicted octanol–water partition coefficient (Wildman–Crippen LogP) is 1.46. The van der Waals surface area contributed by atoms with E-state index in [4.69, 9.17) is 5.11 Å². The first kappa shape index (κ1) is 13.3. The van der Waals surface area contributed by atoms with E-state index in [1.807, 2.05) is 17.7 Å². The van der Waals surface area contributed by atoms with Gasteiger partial charge in [-0.25, -0.2) is 9.78 Å². The van der Waals surface area contributed by atoms with Gasteiger partial charge in [-0.15, -0.1) is 11.3 Å². The second kappa shape index (κ2) is 5.66. The van der Waals surface area contributed by atoms with Gasteiger partial charge in [0.05, 0.1) is 11.2 Å². The molecular formula is C12H13N3O3S. The molecule has 0 saturated carbocycles. The van der Waals surface area contributed by atoms with Gasteiger partial charge in [-0.3, -0.25) is 4.79 Å². The van der Waals surface area contributed by atoms with Crippen molar-refractivity contribution >= 4 is 23.2 Å². The number of nitrogens with zero attached hydrogens (tertiary/aromatic N) is 2. The molecule has 0 aliphatic rings. The fourth-order valence-electron chi connectivity index (χ4n) is 1.63. The number of carboxylic acid groups (broad SMARTS) is 1. The van der Waals surface area contributed by atoms with Crippen LogP contribution in [0.4, 0.5) is 0 Å². The Morgan fingerprint density at radius 1 is 1.47 bits per heavy atom. The minimum absolute atomic E-state index is 0.0721. The summed E-state index contributed by atoms with van der Waals surface area (Å²) in [4.78, 5) is 27.1. The molecule has 6 nitrogen and oxygen atoms in total. The molecule has 2 N–H and O–H groups in total. The predicted molar refractivity (Wildman–Crippen MR) is 70.4 cm³/mol. The molecule has 0 fully saturated rings. The first-order valence-corrected chi connectivity index (χ1v) is 6.47. The van der Waals surface area contributed by atoms with Crippen LogP contribution in [0.15, 0.2) is 30.9 Å². The molecular weight excluding hydrogens is 266 g/mol. The quantitative estimate of drug-likeness (QED) is 0.868. The molecule has 1 unspecified atom stereocenters. The van der Waals surface area contributed by atoms with Crippen molar-refractivity contribution in [2.45, 2.75) is 19.5 Å². The van der Waals surface area contributed by atoms with Crippen molar-refractivity contribution in [3.8, 4) is 0 Å². The second-order valence-corrected chi connectivity index (χ2v) is 5.19. The summed E-state index contributed by atoms with van der Waals surface area (Å²) in [6.07, 6.45) is 5.17. The molecule has 7 heteroatoms. The minimum Gasteiger partial charge on any atom is -0.477 e. The Morgan fingerprint density at radius 3 is 2.79 bits per heavy atom. The summed E-state index contributed by atoms with van der Waals surface area (Å²) < 4.78 is 1.86. The van der Waals surface area contributed by atoms with E-state index in [-0.39, 0.29) is 16.8 Å². The third-order valence-electron chi connectivity index (χ3n) is 2.46. The average molecular weight is 279 g/mol. The third kappa shape index (κ3) is 3.41. The van der Waals surface area contributed by atoms with Crippen LogP contribution in [-0.4, -0.2) is 32.6 Å². The van der Waals surface area contributed by atoms with Crippen LogP contribution in [-0.2, 0) is 6.54 Å². The highest BCUT2D eigenvalue weighted by Gasteiger charge is 2.14. The summed E-state index contributed by atoms with van der Waals surface area (Å²) in [6.45, 7) is 2.49. The van der Waals surface area contributed by atoms with Gasteiger partial charge in [0.1, 0.15) is 4.88 Å². The van der Waals surface area contributed by atoms with Crippen LogP contribution in [0, 0.1) is 0 Å². The van der Waals surface area contributed by atoms with E-state index >= 15 is 0 Å². The number of nitrogens with one attached hydrogen (secondary N) is 1. The number of amides is 1. The maximum absolute atomic E-state index is 11.9. The summed E-state index contributed by atoms with van der Waals surface area (Å²) in [5, 5.41) is 11.6. The maximum atomic E-state index is 11.9. The Labute approximate surface area is 113 Å². The highest BCUT2D eigenvalue weighted by Crippen LogP contribution is 2.16. The van der Waals surface area contributed by atoms with Crippen molar-refractivity contribution in [1.29, 1.82) is 0 Å². The first-order chi connectivity index (χ1) is 9.06. The van der Waals surface area contributed by atoms with E-state index in [2.05, 4.69) is 10.3 Å². The highest BCUT2D eigenvalue weighted by atomic mass is 32.1. The lowest BCUT2D eigenvalue weighted by atomic mass is 10.3. The number of rotatable bonds is 5. The Morgan fingerprint density at radius 2 is 2.21 bits per heavy atom. The second-order valence-electron chi connectivity index (χ2n) is 4.10. The third-order valence-corrected chi connectivity index (χ3v) is 3.53. The van der Waals surface area contributed by atoms with E-state index in [1.54, 1.807) is 12.5 Å². The fourth-order valence-corrected chi connectivity index (χ4v) is 2.37. The number of aromatic carboxylic acids is 1. The molecule has 2 rings (SSSR count). The number of hydrogen-bond acceptors (Lipinski definition) is 4. The SMILES string of the molecule is CC(Cn1ccnc1)NC(=O)c1ccc(C(=O)O)s1. The zero-order valence-corrected chi connectivity index (χ0v) is 11.1. The van der Waals surface area contributed by atoms with Crippen molar-refractivity contribution in [3.05, 3.63) is 40.6 Å². The number of thiophene rings is 1. The average Bonchev–Trinajstić information content (AvgIpc) is 2.98. The van der Waals surface area contributed by atoms with Crippen LogP contribution in [0.1, 0.15) is 26.3 Å². The molecule has 0 spiro atoms. The van der Waals surface area contributed by atoms with E-state index in [0.717, 1.165) is 11.3 Å². The molecule has 1 amide bonds. The van der Waals surface area contributed by atoms with Crippen molar-refractivity contribution in [2.24, 2.45) is 0 Å². The van der Waals surface area contributed by atoms with Crippen LogP contribution in [0.25, 0.3) is 0 Å². The summed E-state index contributed by atoms with van der Waals surface area (Å²) in [6, 6.07) is 2.88. The van der Waals surface area contributed by atoms with Crippen molar-refractivity contribution in [3.63, 3.8) is 0 Å². The van der Waals surface area contributed by atoms with E-state index in [0.29, 0.717) is 11.4 Å². The number of hydrogen-bond donors (Lipinski definition) is 2. The molecule has 0 aliphatic carbocycles. The zero-order chi connectivity index (χ0) is 13.8. The molecule has 19 heavy (non-hydrogen) atoms. The Hall–Kier alpha value is -2.15. The lowest BCUT2D eigenvalue weighted by Gasteiger charge is -2.13. The monoisotopic (exact) mass is 279 g/mol. The molecule has 0 aliphatic heterocycles. The molecule has 0 aromatic carbocycles. The number of carboxylic acids is 1. The van der Waals surface area contributed by atoms with Gasteiger partial charge in [0.25, 0.3) is 5.91 Å². The van der Waals surface area contributed by atoms with E-state index in [1.165, 1.54) is 12.1 Å². The standard InChI is InChI=1S/C12H13N3O3S/c1-8(6-15-5-4-13-7-15)14-11(16)9-2-3-10(19-9)12(17)18/h2-5,7-8H,6H2,1H3,(H,14,16)(H,17,18). The van der Waals surface area contributed by atoms with Gasteiger partial charge >= 0.3 is 5.97 Å². The lowest BCUT2D eigenvalue weighted by molar-refractivity contribution is 0.0702. The van der Waals surface area contributed by atoms with Gasteiger partial charge in [-0.1, -0.05) is 0 Å². The number of aromatic nitrogens is 2. The van der Waals surface area contributed by atoms with Crippen molar-refractivity contribution in [2.75, 3.05) is 0 Å². The van der Waals surface area contributed by atoms with Gasteiger partial charge in [0.15, 0.2) is 0 Å². The highest BCUT2D eigenvalue weighted by molar-refractivity contribution is 7.15. The van der Waals surface area contributed by atoms with Crippen LogP contribution < -0.4 is 5.32 Å². The van der Waals surface area contributed by atoms with Gasteiger partial charge in [0.2, 0.25) is 0 Å². The molecule has 2 aromatic rings. The molecule has 0 saturated heterocycles. The molecule has 0 radical (unpaired) electrons. The minimum atomic E-state index is -1.02. The molecule has 2 aromatic heterocycles. The molecule has 2 heterocycles. The molecule has 1 atom stereocenters. The largest absolute Gasteiger partial charge is 0.477 e. The summed E-state index contributed by atoms with van der Waals surface area (Å²) in [7, 11) is 0. The van der Waals surface area contributed by atoms with Gasteiger partial charge in [-0.2, -0.15) is 0 Å². The van der Waals surface area contributed by atoms with Crippen molar-refractivity contribution < 1.29 is 14.7 Å². The zero-order valence-electron chi connectivity index (χ0n) is 10.2. The topological polar surface area (TPSA) is 84.2 Å². The normalized spacial score (nSPS) is 12.1. The van der Waals surface area contributed by atoms with Crippen LogP contribution in [0.5, 0.6) is 0 Å². The van der Waals surface area contributed by atoms with E-state index < -0.39 is 5.97 Å². The maximum Gasteiger partial charge on any atom is 0.345 e.